The van der Waals surface area contributed by atoms with Crippen LogP contribution in [0.4, 0.5) is 0 Å². The van der Waals surface area contributed by atoms with Gasteiger partial charge in [0, 0.05) is 31.6 Å². The van der Waals surface area contributed by atoms with Crippen molar-refractivity contribution in [2.75, 3.05) is 19.7 Å². The third kappa shape index (κ3) is 3.43. The maximum Gasteiger partial charge on any atom is 0.164 e. The summed E-state index contributed by atoms with van der Waals surface area (Å²) in [5.74, 6) is 4.04. The Balaban J connectivity index is 1.26. The molecule has 2 aromatic rings. The lowest BCUT2D eigenvalue weighted by Crippen LogP contribution is -2.12. The zero-order valence-corrected chi connectivity index (χ0v) is 14.7. The maximum atomic E-state index is 6.07. The first kappa shape index (κ1) is 15.4. The summed E-state index contributed by atoms with van der Waals surface area (Å²) in [6.07, 6.45) is 7.61. The van der Waals surface area contributed by atoms with Gasteiger partial charge in [-0.05, 0) is 43.7 Å². The van der Waals surface area contributed by atoms with Crippen molar-refractivity contribution >= 4 is 0 Å². The molecule has 0 amide bonds. The summed E-state index contributed by atoms with van der Waals surface area (Å²) >= 11 is 0. The number of rotatable bonds is 6. The zero-order valence-electron chi connectivity index (χ0n) is 14.7. The van der Waals surface area contributed by atoms with Gasteiger partial charge in [0.15, 0.2) is 5.82 Å². The van der Waals surface area contributed by atoms with E-state index in [0.717, 1.165) is 48.5 Å². The van der Waals surface area contributed by atoms with E-state index >= 15 is 0 Å². The fourth-order valence-electron chi connectivity index (χ4n) is 3.85. The molecule has 5 nitrogen and oxygen atoms in total. The SMILES string of the molecule is c1cc(OCC2CN2CC2CC2)cc(-c2nnc3n2CCCCC3)c1. The fraction of sp³-hybridized carbons (Fsp3) is 0.600. The topological polar surface area (TPSA) is 43.0 Å². The third-order valence-corrected chi connectivity index (χ3v) is 5.66. The van der Waals surface area contributed by atoms with Gasteiger partial charge in [-0.1, -0.05) is 18.6 Å². The van der Waals surface area contributed by atoms with Crippen molar-refractivity contribution in [2.24, 2.45) is 5.92 Å². The van der Waals surface area contributed by atoms with Gasteiger partial charge in [-0.15, -0.1) is 10.2 Å². The number of hydrogen-bond acceptors (Lipinski definition) is 4. The predicted octanol–water partition coefficient (Wildman–Crippen LogP) is 3.14. The standard InChI is InChI=1S/C20H26N4O/c1-2-7-19-21-22-20(24(19)10-3-1)16-5-4-6-18(11-16)25-14-17-13-23(17)12-15-8-9-15/h4-6,11,15,17H,1-3,7-10,12-14H2. The molecule has 2 atom stereocenters. The third-order valence-electron chi connectivity index (χ3n) is 5.66. The van der Waals surface area contributed by atoms with Crippen molar-refractivity contribution in [2.45, 2.75) is 51.1 Å². The number of aromatic nitrogens is 3. The molecule has 1 aliphatic carbocycles. The molecule has 5 heteroatoms. The quantitative estimate of drug-likeness (QED) is 0.759. The monoisotopic (exact) mass is 338 g/mol. The minimum atomic E-state index is 0.619. The summed E-state index contributed by atoms with van der Waals surface area (Å²) in [6, 6.07) is 8.98. The normalized spacial score (nSPS) is 25.3. The van der Waals surface area contributed by atoms with E-state index in [1.807, 2.05) is 0 Å². The van der Waals surface area contributed by atoms with Crippen molar-refractivity contribution in [1.29, 1.82) is 0 Å². The number of benzene rings is 1. The van der Waals surface area contributed by atoms with Crippen LogP contribution in [0.2, 0.25) is 0 Å². The molecule has 2 unspecified atom stereocenters. The van der Waals surface area contributed by atoms with E-state index in [4.69, 9.17) is 4.74 Å². The summed E-state index contributed by atoms with van der Waals surface area (Å²) in [5.41, 5.74) is 1.11. The molecular formula is C20H26N4O. The van der Waals surface area contributed by atoms with Gasteiger partial charge in [-0.2, -0.15) is 0 Å². The van der Waals surface area contributed by atoms with E-state index in [-0.39, 0.29) is 0 Å². The van der Waals surface area contributed by atoms with Gasteiger partial charge >= 0.3 is 0 Å². The van der Waals surface area contributed by atoms with Crippen LogP contribution in [0.15, 0.2) is 24.3 Å². The Kier molecular flexibility index (Phi) is 3.97. The maximum absolute atomic E-state index is 6.07. The van der Waals surface area contributed by atoms with Gasteiger partial charge < -0.3 is 9.30 Å². The van der Waals surface area contributed by atoms with Crippen LogP contribution in [0, 0.1) is 5.92 Å². The van der Waals surface area contributed by atoms with Gasteiger partial charge in [0.05, 0.1) is 6.04 Å². The lowest BCUT2D eigenvalue weighted by Gasteiger charge is -2.10. The Hall–Kier alpha value is -1.88. The van der Waals surface area contributed by atoms with E-state index in [9.17, 15) is 0 Å². The molecule has 0 N–H and O–H groups in total. The second-order valence-electron chi connectivity index (χ2n) is 7.79. The molecule has 1 saturated heterocycles. The van der Waals surface area contributed by atoms with Crippen molar-refractivity contribution in [3.05, 3.63) is 30.1 Å². The minimum Gasteiger partial charge on any atom is -0.492 e. The predicted molar refractivity (Wildman–Crippen MR) is 96.6 cm³/mol. The molecule has 3 aliphatic rings. The zero-order chi connectivity index (χ0) is 16.6. The smallest absolute Gasteiger partial charge is 0.164 e. The van der Waals surface area contributed by atoms with Crippen LogP contribution < -0.4 is 4.74 Å². The summed E-state index contributed by atoms with van der Waals surface area (Å²) in [7, 11) is 0. The van der Waals surface area contributed by atoms with Gasteiger partial charge in [0.25, 0.3) is 0 Å². The lowest BCUT2D eigenvalue weighted by molar-refractivity contribution is 0.292. The van der Waals surface area contributed by atoms with E-state index in [1.54, 1.807) is 0 Å². The summed E-state index contributed by atoms with van der Waals surface area (Å²) in [4.78, 5) is 2.54. The Labute approximate surface area is 149 Å². The number of aryl methyl sites for hydroxylation is 1. The van der Waals surface area contributed by atoms with E-state index in [1.165, 1.54) is 45.2 Å². The highest BCUT2D eigenvalue weighted by Gasteiger charge is 2.38. The van der Waals surface area contributed by atoms with Crippen LogP contribution >= 0.6 is 0 Å². The van der Waals surface area contributed by atoms with Crippen molar-refractivity contribution in [3.8, 4) is 17.1 Å². The fourth-order valence-corrected chi connectivity index (χ4v) is 3.85. The highest BCUT2D eigenvalue weighted by atomic mass is 16.5. The molecule has 25 heavy (non-hydrogen) atoms. The number of fused-ring (bicyclic) bond motifs is 1. The first-order chi connectivity index (χ1) is 12.4. The Morgan fingerprint density at radius 2 is 2.08 bits per heavy atom. The Bertz CT molecular complexity index is 752. The molecule has 0 bridgehead atoms. The molecule has 1 aromatic heterocycles. The van der Waals surface area contributed by atoms with Crippen LogP contribution in [-0.4, -0.2) is 45.4 Å². The van der Waals surface area contributed by atoms with Crippen molar-refractivity contribution < 1.29 is 4.74 Å². The number of ether oxygens (including phenoxy) is 1. The average Bonchev–Trinajstić information content (AvgIpc) is 3.55. The van der Waals surface area contributed by atoms with Crippen LogP contribution in [0.25, 0.3) is 11.4 Å². The summed E-state index contributed by atoms with van der Waals surface area (Å²) in [6.45, 7) is 4.31. The van der Waals surface area contributed by atoms with E-state index < -0.39 is 0 Å². The molecule has 2 aliphatic heterocycles. The minimum absolute atomic E-state index is 0.619. The van der Waals surface area contributed by atoms with Gasteiger partial charge in [-0.25, -0.2) is 0 Å². The highest BCUT2D eigenvalue weighted by Crippen LogP contribution is 2.34. The second kappa shape index (κ2) is 6.45. The number of nitrogens with zero attached hydrogens (tertiary/aromatic N) is 4. The average molecular weight is 338 g/mol. The van der Waals surface area contributed by atoms with E-state index in [2.05, 4.69) is 43.9 Å². The van der Waals surface area contributed by atoms with Crippen LogP contribution in [0.5, 0.6) is 5.75 Å². The molecule has 132 valence electrons. The molecular weight excluding hydrogens is 312 g/mol. The van der Waals surface area contributed by atoms with Gasteiger partial charge in [0.2, 0.25) is 0 Å². The molecule has 1 aromatic carbocycles. The first-order valence-corrected chi connectivity index (χ1v) is 9.76. The molecule has 1 saturated carbocycles. The van der Waals surface area contributed by atoms with Crippen LogP contribution in [0.1, 0.15) is 37.9 Å². The molecule has 5 rings (SSSR count). The largest absolute Gasteiger partial charge is 0.492 e. The highest BCUT2D eigenvalue weighted by molar-refractivity contribution is 5.58. The number of hydrogen-bond donors (Lipinski definition) is 0. The molecule has 2 fully saturated rings. The lowest BCUT2D eigenvalue weighted by atomic mass is 10.2. The Morgan fingerprint density at radius 3 is 3.00 bits per heavy atom. The van der Waals surface area contributed by atoms with Crippen LogP contribution in [0.3, 0.4) is 0 Å². The van der Waals surface area contributed by atoms with Crippen molar-refractivity contribution in [3.63, 3.8) is 0 Å². The molecule has 3 heterocycles. The van der Waals surface area contributed by atoms with Crippen LogP contribution in [-0.2, 0) is 13.0 Å². The van der Waals surface area contributed by atoms with E-state index in [0.29, 0.717) is 6.04 Å². The molecule has 0 spiro atoms. The first-order valence-electron chi connectivity index (χ1n) is 9.76. The summed E-state index contributed by atoms with van der Waals surface area (Å²) in [5, 5.41) is 8.88. The van der Waals surface area contributed by atoms with Gasteiger partial charge in [-0.3, -0.25) is 4.90 Å². The molecule has 0 radical (unpaired) electrons. The van der Waals surface area contributed by atoms with Crippen molar-refractivity contribution in [1.82, 2.24) is 19.7 Å². The summed E-state index contributed by atoms with van der Waals surface area (Å²) < 4.78 is 8.37. The Morgan fingerprint density at radius 1 is 1.12 bits per heavy atom. The van der Waals surface area contributed by atoms with Gasteiger partial charge in [0.1, 0.15) is 18.2 Å². The second-order valence-corrected chi connectivity index (χ2v) is 7.79.